The molecule has 13 nitrogen and oxygen atoms in total. The molecule has 39 heavy (non-hydrogen) atoms. The van der Waals surface area contributed by atoms with Crippen LogP contribution in [0.5, 0.6) is 0 Å². The molecule has 16 heteroatoms. The van der Waals surface area contributed by atoms with Gasteiger partial charge in [-0.25, -0.2) is 19.4 Å². The molecular formula is C23H27BrClN7O6S. The number of aliphatic hydroxyl groups excluding tert-OH is 2. The van der Waals surface area contributed by atoms with Gasteiger partial charge < -0.3 is 19.7 Å². The average Bonchev–Trinajstić information content (AvgIpc) is 3.43. The minimum absolute atomic E-state index is 0.186. The summed E-state index contributed by atoms with van der Waals surface area (Å²) in [5, 5.41) is 35.2. The van der Waals surface area contributed by atoms with Crippen molar-refractivity contribution in [2.75, 3.05) is 27.4 Å². The van der Waals surface area contributed by atoms with Gasteiger partial charge in [-0.1, -0.05) is 28.6 Å². The van der Waals surface area contributed by atoms with E-state index in [9.17, 15) is 15.0 Å². The van der Waals surface area contributed by atoms with E-state index in [0.717, 1.165) is 12.8 Å². The molecule has 2 aliphatic rings. The van der Waals surface area contributed by atoms with E-state index in [1.807, 2.05) is 0 Å². The number of hydroxylamine groups is 2. The maximum atomic E-state index is 13.4. The van der Waals surface area contributed by atoms with Crippen molar-refractivity contribution >= 4 is 45.2 Å². The number of methoxy groups -OCH3 is 1. The summed E-state index contributed by atoms with van der Waals surface area (Å²) in [6, 6.07) is 2.57. The van der Waals surface area contributed by atoms with Crippen molar-refractivity contribution in [2.24, 2.45) is 5.92 Å². The van der Waals surface area contributed by atoms with Crippen LogP contribution < -0.4 is 0 Å². The zero-order chi connectivity index (χ0) is 27.7. The first-order chi connectivity index (χ1) is 18.8. The maximum absolute atomic E-state index is 13.4. The number of nitrogens with zero attached hydrogens (tertiary/aromatic N) is 7. The Kier molecular flexibility index (Phi) is 8.88. The lowest BCUT2D eigenvalue weighted by Crippen LogP contribution is -2.55. The molecule has 3 aromatic heterocycles. The predicted molar refractivity (Wildman–Crippen MR) is 142 cm³/mol. The summed E-state index contributed by atoms with van der Waals surface area (Å²) in [4.78, 5) is 23.6. The van der Waals surface area contributed by atoms with E-state index in [1.54, 1.807) is 30.7 Å². The van der Waals surface area contributed by atoms with Crippen LogP contribution in [-0.2, 0) is 14.3 Å². The number of aromatic nitrogens is 6. The van der Waals surface area contributed by atoms with Crippen molar-refractivity contribution < 1.29 is 29.3 Å². The fraction of sp³-hybridized carbons (Fsp3) is 0.522. The fourth-order valence-electron chi connectivity index (χ4n) is 4.35. The lowest BCUT2D eigenvalue weighted by atomic mass is 9.97. The topological polar surface area (TPSA) is 150 Å². The van der Waals surface area contributed by atoms with Crippen LogP contribution in [0.1, 0.15) is 29.4 Å². The summed E-state index contributed by atoms with van der Waals surface area (Å²) in [6.07, 6.45) is 3.96. The number of pyridine rings is 1. The standard InChI is InChI=1S/C23H27BrClN7O6S/c1-36-21-19(31-10-17(27-29-31)30-6-5-16(25)28-30)20(34)14(11-33)38-23(21)39-15-7-13(24)8-26-18(15)22(35)32(37-2)9-12-3-4-12/h5-8,10,12,14,19-21,23,33-34H,3-4,9,11H2,1-2H3/t14?,19-,20-,21?,23+/m0/s1. The predicted octanol–water partition coefficient (Wildman–Crippen LogP) is 2.11. The maximum Gasteiger partial charge on any atom is 0.297 e. The van der Waals surface area contributed by atoms with Gasteiger partial charge in [0.1, 0.15) is 35.5 Å². The van der Waals surface area contributed by atoms with Crippen LogP contribution >= 0.6 is 39.3 Å². The molecule has 4 heterocycles. The largest absolute Gasteiger partial charge is 0.394 e. The monoisotopic (exact) mass is 643 g/mol. The van der Waals surface area contributed by atoms with E-state index in [-0.39, 0.29) is 11.6 Å². The number of ether oxygens (including phenoxy) is 2. The first-order valence-electron chi connectivity index (χ1n) is 12.1. The molecule has 5 rings (SSSR count). The Morgan fingerprint density at radius 2 is 2.18 bits per heavy atom. The molecule has 0 radical (unpaired) electrons. The van der Waals surface area contributed by atoms with Gasteiger partial charge in [-0.05, 0) is 46.8 Å². The summed E-state index contributed by atoms with van der Waals surface area (Å²) in [7, 11) is 2.94. The molecule has 2 unspecified atom stereocenters. The Morgan fingerprint density at radius 3 is 2.82 bits per heavy atom. The third-order valence-electron chi connectivity index (χ3n) is 6.52. The van der Waals surface area contributed by atoms with Crippen LogP contribution in [0.3, 0.4) is 0 Å². The molecule has 3 aromatic rings. The first kappa shape index (κ1) is 28.4. The third kappa shape index (κ3) is 6.15. The van der Waals surface area contributed by atoms with E-state index in [1.165, 1.54) is 40.4 Å². The number of hydrogen-bond acceptors (Lipinski definition) is 11. The molecule has 0 bridgehead atoms. The number of thioether (sulfide) groups is 1. The Balaban J connectivity index is 1.45. The molecule has 5 atom stereocenters. The average molecular weight is 645 g/mol. The Labute approximate surface area is 241 Å². The van der Waals surface area contributed by atoms with E-state index in [4.69, 9.17) is 25.9 Å². The van der Waals surface area contributed by atoms with Gasteiger partial charge in [-0.2, -0.15) is 5.10 Å². The van der Waals surface area contributed by atoms with Crippen molar-refractivity contribution in [1.29, 1.82) is 0 Å². The Hall–Kier alpha value is -2.11. The second-order valence-electron chi connectivity index (χ2n) is 9.16. The highest BCUT2D eigenvalue weighted by Crippen LogP contribution is 2.41. The highest BCUT2D eigenvalue weighted by Gasteiger charge is 2.48. The molecule has 2 fully saturated rings. The third-order valence-corrected chi connectivity index (χ3v) is 8.34. The lowest BCUT2D eigenvalue weighted by Gasteiger charge is -2.43. The van der Waals surface area contributed by atoms with Gasteiger partial charge in [0.25, 0.3) is 5.91 Å². The summed E-state index contributed by atoms with van der Waals surface area (Å²) in [5.74, 6) is 0.413. The van der Waals surface area contributed by atoms with Crippen molar-refractivity contribution in [1.82, 2.24) is 34.8 Å². The van der Waals surface area contributed by atoms with Gasteiger partial charge in [-0.15, -0.1) is 5.10 Å². The first-order valence-corrected chi connectivity index (χ1v) is 14.2. The second kappa shape index (κ2) is 12.2. The van der Waals surface area contributed by atoms with Gasteiger partial charge in [0.05, 0.1) is 26.5 Å². The number of amides is 1. The number of carbonyl (C=O) groups is 1. The van der Waals surface area contributed by atoms with Crippen molar-refractivity contribution in [3.05, 3.63) is 46.0 Å². The van der Waals surface area contributed by atoms with Gasteiger partial charge in [-0.3, -0.25) is 9.63 Å². The summed E-state index contributed by atoms with van der Waals surface area (Å²) < 4.78 is 15.5. The smallest absolute Gasteiger partial charge is 0.297 e. The van der Waals surface area contributed by atoms with E-state index >= 15 is 0 Å². The van der Waals surface area contributed by atoms with Crippen LogP contribution in [0.25, 0.3) is 5.82 Å². The minimum atomic E-state index is -1.18. The van der Waals surface area contributed by atoms with Crippen LogP contribution in [0, 0.1) is 5.92 Å². The van der Waals surface area contributed by atoms with E-state index < -0.39 is 36.4 Å². The molecule has 0 spiro atoms. The van der Waals surface area contributed by atoms with Crippen molar-refractivity contribution in [2.45, 2.75) is 47.5 Å². The Morgan fingerprint density at radius 1 is 1.38 bits per heavy atom. The van der Waals surface area contributed by atoms with Gasteiger partial charge in [0.2, 0.25) is 0 Å². The van der Waals surface area contributed by atoms with Gasteiger partial charge in [0.15, 0.2) is 11.0 Å². The zero-order valence-electron chi connectivity index (χ0n) is 21.0. The second-order valence-corrected chi connectivity index (χ2v) is 11.6. The number of halogens is 2. The van der Waals surface area contributed by atoms with Crippen molar-refractivity contribution in [3.63, 3.8) is 0 Å². The molecule has 1 saturated carbocycles. The molecule has 1 aliphatic heterocycles. The normalized spacial score (nSPS) is 25.1. The molecule has 2 N–H and O–H groups in total. The molecule has 1 aliphatic carbocycles. The van der Waals surface area contributed by atoms with Crippen LogP contribution in [0.4, 0.5) is 0 Å². The Bertz CT molecular complexity index is 1310. The van der Waals surface area contributed by atoms with Crippen LogP contribution in [0.2, 0.25) is 5.15 Å². The number of carbonyl (C=O) groups excluding carboxylic acids is 1. The highest BCUT2D eigenvalue weighted by molar-refractivity contribution is 9.10. The van der Waals surface area contributed by atoms with Crippen LogP contribution in [0.15, 0.2) is 40.1 Å². The van der Waals surface area contributed by atoms with E-state index in [2.05, 4.69) is 36.3 Å². The lowest BCUT2D eigenvalue weighted by molar-refractivity contribution is -0.186. The van der Waals surface area contributed by atoms with Crippen molar-refractivity contribution in [3.8, 4) is 5.82 Å². The van der Waals surface area contributed by atoms with Crippen LogP contribution in [-0.4, -0.2) is 102 Å². The fourth-order valence-corrected chi connectivity index (χ4v) is 6.27. The summed E-state index contributed by atoms with van der Waals surface area (Å²) in [6.45, 7) is 0.0254. The quantitative estimate of drug-likeness (QED) is 0.313. The number of rotatable bonds is 10. The van der Waals surface area contributed by atoms with Gasteiger partial charge >= 0.3 is 0 Å². The van der Waals surface area contributed by atoms with Gasteiger partial charge in [0, 0.05) is 28.9 Å². The molecule has 1 amide bonds. The molecule has 0 aromatic carbocycles. The number of hydrogen-bond donors (Lipinski definition) is 2. The molecule has 210 valence electrons. The summed E-state index contributed by atoms with van der Waals surface area (Å²) in [5.41, 5.74) is -0.583. The zero-order valence-corrected chi connectivity index (χ0v) is 24.2. The SMILES string of the molecule is COC1[C@@H](Sc2cc(Br)cnc2C(=O)N(CC2CC2)OC)OC(CO)[C@H](O)[C@@H]1n1cc(-n2ccc(Cl)n2)nn1. The molecule has 1 saturated heterocycles. The summed E-state index contributed by atoms with van der Waals surface area (Å²) >= 11 is 10.6. The van der Waals surface area contributed by atoms with E-state index in [0.29, 0.717) is 32.8 Å². The molecular weight excluding hydrogens is 618 g/mol. The highest BCUT2D eigenvalue weighted by atomic mass is 79.9. The minimum Gasteiger partial charge on any atom is -0.394 e. The number of aliphatic hydroxyl groups is 2.